The first kappa shape index (κ1) is 20.2. The van der Waals surface area contributed by atoms with Gasteiger partial charge in [0.05, 0.1) is 12.0 Å². The lowest BCUT2D eigenvalue weighted by Crippen LogP contribution is -2.51. The molecule has 0 aliphatic rings. The van der Waals surface area contributed by atoms with Crippen molar-refractivity contribution in [3.05, 3.63) is 35.4 Å². The molecule has 132 valence electrons. The number of nitrogens with zero attached hydrogens (tertiary/aromatic N) is 2. The summed E-state index contributed by atoms with van der Waals surface area (Å²) >= 11 is 5.16. The van der Waals surface area contributed by atoms with Crippen LogP contribution in [0.2, 0.25) is 0 Å². The van der Waals surface area contributed by atoms with Crippen molar-refractivity contribution in [2.75, 3.05) is 20.6 Å². The first-order valence-electron chi connectivity index (χ1n) is 7.62. The van der Waals surface area contributed by atoms with Gasteiger partial charge in [-0.1, -0.05) is 43.2 Å². The second-order valence-corrected chi connectivity index (χ2v) is 6.70. The molecule has 0 aliphatic carbocycles. The number of thiocarbonyl (C=S) groups is 1. The fraction of sp³-hybridized carbons (Fsp3) is 0.500. The summed E-state index contributed by atoms with van der Waals surface area (Å²) in [5.41, 5.74) is 0.720. The molecular formula is C16H23N3O3S2. The van der Waals surface area contributed by atoms with Gasteiger partial charge in [-0.05, 0) is 31.1 Å². The van der Waals surface area contributed by atoms with Crippen molar-refractivity contribution in [2.24, 2.45) is 4.36 Å². The first-order valence-corrected chi connectivity index (χ1v) is 9.06. The predicted molar refractivity (Wildman–Crippen MR) is 98.4 cm³/mol. The summed E-state index contributed by atoms with van der Waals surface area (Å²) in [6, 6.07) is 7.50. The molecule has 0 aliphatic heterocycles. The van der Waals surface area contributed by atoms with Gasteiger partial charge in [-0.15, -0.1) is 0 Å². The number of carbonyl (C=O) groups excluding carboxylic acids is 1. The normalized spacial score (nSPS) is 12.8. The quantitative estimate of drug-likeness (QED) is 0.777. The second kappa shape index (κ2) is 8.89. The van der Waals surface area contributed by atoms with E-state index in [4.69, 9.17) is 12.2 Å². The molecule has 1 atom stereocenters. The maximum absolute atomic E-state index is 13.2. The van der Waals surface area contributed by atoms with E-state index in [9.17, 15) is 13.2 Å². The summed E-state index contributed by atoms with van der Waals surface area (Å²) in [7, 11) is 0.633. The third kappa shape index (κ3) is 4.61. The molecule has 1 aromatic carbocycles. The molecule has 1 rings (SSSR count). The number of amides is 1. The molecule has 6 nitrogen and oxygen atoms in total. The Labute approximate surface area is 150 Å². The lowest BCUT2D eigenvalue weighted by Gasteiger charge is -2.34. The molecule has 0 saturated heterocycles. The third-order valence-electron chi connectivity index (χ3n) is 3.95. The highest BCUT2D eigenvalue weighted by atomic mass is 32.2. The summed E-state index contributed by atoms with van der Waals surface area (Å²) in [6.07, 6.45) is 1.16. The van der Waals surface area contributed by atoms with Gasteiger partial charge in [0.1, 0.15) is 0 Å². The van der Waals surface area contributed by atoms with Gasteiger partial charge in [0.2, 0.25) is 5.91 Å². The Balaban J connectivity index is 3.51. The van der Waals surface area contributed by atoms with Gasteiger partial charge in [0, 0.05) is 14.1 Å². The highest BCUT2D eigenvalue weighted by Crippen LogP contribution is 2.33. The number of aryl methyl sites for hydroxylation is 1. The van der Waals surface area contributed by atoms with Crippen LogP contribution in [0.5, 0.6) is 0 Å². The Morgan fingerprint density at radius 2 is 1.92 bits per heavy atom. The summed E-state index contributed by atoms with van der Waals surface area (Å²) in [4.78, 5) is 14.5. The van der Waals surface area contributed by atoms with Crippen molar-refractivity contribution in [1.82, 2.24) is 10.2 Å². The van der Waals surface area contributed by atoms with Crippen LogP contribution in [0, 0.1) is 6.92 Å². The standard InChI is InChI=1S/C16H23N3O3S2/c1-5-10-16(11-18-24(21)22,13-8-6-12(2)7-9-13)14(20)19(4)15(23)17-3/h6-9H,5,10-11H2,1-4H3,(H,17,23). The minimum absolute atomic E-state index is 0.143. The summed E-state index contributed by atoms with van der Waals surface area (Å²) in [5.74, 6) is -0.276. The topological polar surface area (TPSA) is 78.8 Å². The van der Waals surface area contributed by atoms with Crippen LogP contribution < -0.4 is 5.32 Å². The van der Waals surface area contributed by atoms with Gasteiger partial charge in [-0.3, -0.25) is 9.69 Å². The molecule has 1 N–H and O–H groups in total. The van der Waals surface area contributed by atoms with Crippen molar-refractivity contribution in [1.29, 1.82) is 0 Å². The minimum atomic E-state index is -2.58. The molecule has 8 heteroatoms. The highest BCUT2D eigenvalue weighted by Gasteiger charge is 2.42. The summed E-state index contributed by atoms with van der Waals surface area (Å²) in [6.45, 7) is 3.75. The molecule has 1 amide bonds. The molecule has 24 heavy (non-hydrogen) atoms. The largest absolute Gasteiger partial charge is 0.365 e. The maximum Gasteiger partial charge on any atom is 0.311 e. The monoisotopic (exact) mass is 369 g/mol. The van der Waals surface area contributed by atoms with Crippen LogP contribution in [0.4, 0.5) is 0 Å². The van der Waals surface area contributed by atoms with Crippen LogP contribution in [0.15, 0.2) is 28.6 Å². The van der Waals surface area contributed by atoms with E-state index in [0.29, 0.717) is 12.8 Å². The fourth-order valence-electron chi connectivity index (χ4n) is 2.66. The Morgan fingerprint density at radius 1 is 1.33 bits per heavy atom. The van der Waals surface area contributed by atoms with Crippen LogP contribution in [0.3, 0.4) is 0 Å². The van der Waals surface area contributed by atoms with E-state index < -0.39 is 15.9 Å². The Hall–Kier alpha value is -1.80. The van der Waals surface area contributed by atoms with Crippen molar-refractivity contribution < 1.29 is 13.2 Å². The first-order chi connectivity index (χ1) is 11.3. The lowest BCUT2D eigenvalue weighted by molar-refractivity contribution is -0.132. The zero-order chi connectivity index (χ0) is 18.3. The molecule has 0 heterocycles. The molecule has 0 spiro atoms. The van der Waals surface area contributed by atoms with Crippen LogP contribution >= 0.6 is 12.2 Å². The number of hydrogen-bond acceptors (Lipinski definition) is 5. The van der Waals surface area contributed by atoms with E-state index in [2.05, 4.69) is 9.68 Å². The Morgan fingerprint density at radius 3 is 2.38 bits per heavy atom. The van der Waals surface area contributed by atoms with E-state index in [0.717, 1.165) is 11.1 Å². The van der Waals surface area contributed by atoms with Gasteiger partial charge in [0.25, 0.3) is 0 Å². The SMILES string of the molecule is CCCC(CN=S(=O)=O)(C(=O)N(C)C(=S)NC)c1ccc(C)cc1. The number of nitrogens with one attached hydrogen (secondary N) is 1. The molecule has 0 radical (unpaired) electrons. The number of hydrogen-bond donors (Lipinski definition) is 1. The van der Waals surface area contributed by atoms with Gasteiger partial charge >= 0.3 is 10.5 Å². The van der Waals surface area contributed by atoms with Gasteiger partial charge in [0.15, 0.2) is 5.11 Å². The van der Waals surface area contributed by atoms with E-state index in [-0.39, 0.29) is 17.6 Å². The van der Waals surface area contributed by atoms with Gasteiger partial charge in [-0.2, -0.15) is 12.8 Å². The van der Waals surface area contributed by atoms with Crippen LogP contribution in [-0.2, 0) is 20.7 Å². The van der Waals surface area contributed by atoms with Crippen molar-refractivity contribution >= 4 is 33.7 Å². The third-order valence-corrected chi connectivity index (χ3v) is 4.77. The summed E-state index contributed by atoms with van der Waals surface area (Å²) in [5, 5.41) is 3.04. The number of benzene rings is 1. The maximum atomic E-state index is 13.2. The van der Waals surface area contributed by atoms with Crippen LogP contribution in [0.25, 0.3) is 0 Å². The summed E-state index contributed by atoms with van der Waals surface area (Å²) < 4.78 is 25.6. The molecule has 0 aromatic heterocycles. The number of likely N-dealkylation sites (N-methyl/N-ethyl adjacent to an activating group) is 1. The molecule has 1 aromatic rings. The Kier molecular flexibility index (Phi) is 7.50. The van der Waals surface area contributed by atoms with Crippen LogP contribution in [-0.4, -0.2) is 45.0 Å². The fourth-order valence-corrected chi connectivity index (χ4v) is 3.06. The van der Waals surface area contributed by atoms with E-state index in [1.165, 1.54) is 4.90 Å². The zero-order valence-corrected chi connectivity index (χ0v) is 16.0. The minimum Gasteiger partial charge on any atom is -0.365 e. The number of carbonyl (C=O) groups is 1. The second-order valence-electron chi connectivity index (χ2n) is 5.62. The number of rotatable bonds is 6. The predicted octanol–water partition coefficient (Wildman–Crippen LogP) is 2.06. The molecule has 0 fully saturated rings. The lowest BCUT2D eigenvalue weighted by atomic mass is 9.75. The van der Waals surface area contributed by atoms with E-state index in [1.807, 2.05) is 38.1 Å². The van der Waals surface area contributed by atoms with Gasteiger partial charge in [-0.25, -0.2) is 0 Å². The van der Waals surface area contributed by atoms with Crippen molar-refractivity contribution in [2.45, 2.75) is 32.1 Å². The average Bonchev–Trinajstić information content (AvgIpc) is 2.57. The Bertz CT molecular complexity index is 721. The molecule has 0 saturated carbocycles. The average molecular weight is 370 g/mol. The van der Waals surface area contributed by atoms with E-state index >= 15 is 0 Å². The van der Waals surface area contributed by atoms with Gasteiger partial charge < -0.3 is 5.32 Å². The van der Waals surface area contributed by atoms with Crippen molar-refractivity contribution in [3.8, 4) is 0 Å². The van der Waals surface area contributed by atoms with Crippen LogP contribution in [0.1, 0.15) is 30.9 Å². The zero-order valence-electron chi connectivity index (χ0n) is 14.4. The molecule has 0 bridgehead atoms. The van der Waals surface area contributed by atoms with E-state index in [1.54, 1.807) is 14.1 Å². The smallest absolute Gasteiger partial charge is 0.311 e. The molecule has 1 unspecified atom stereocenters. The highest BCUT2D eigenvalue weighted by molar-refractivity contribution is 7.80. The molecular weight excluding hydrogens is 346 g/mol. The van der Waals surface area contributed by atoms with Crippen molar-refractivity contribution in [3.63, 3.8) is 0 Å².